The summed E-state index contributed by atoms with van der Waals surface area (Å²) in [5.41, 5.74) is 1.47. The molecule has 0 radical (unpaired) electrons. The second kappa shape index (κ2) is 7.34. The van der Waals surface area contributed by atoms with E-state index in [9.17, 15) is 14.0 Å². The fourth-order valence-corrected chi connectivity index (χ4v) is 2.76. The first-order valence-corrected chi connectivity index (χ1v) is 8.11. The Morgan fingerprint density at radius 3 is 2.68 bits per heavy atom. The van der Waals surface area contributed by atoms with Gasteiger partial charge in [0.25, 0.3) is 0 Å². The lowest BCUT2D eigenvalue weighted by Gasteiger charge is -2.13. The molecule has 5 nitrogen and oxygen atoms in total. The van der Waals surface area contributed by atoms with Crippen LogP contribution < -0.4 is 10.6 Å². The summed E-state index contributed by atoms with van der Waals surface area (Å²) < 4.78 is 19.1. The highest BCUT2D eigenvalue weighted by Crippen LogP contribution is 2.24. The predicted octanol–water partition coefficient (Wildman–Crippen LogP) is 3.12. The summed E-state index contributed by atoms with van der Waals surface area (Å²) in [4.78, 5) is 23.8. The molecule has 1 saturated heterocycles. The third-order valence-electron chi connectivity index (χ3n) is 3.96. The summed E-state index contributed by atoms with van der Waals surface area (Å²) in [6.07, 6.45) is 0.562. The third-order valence-corrected chi connectivity index (χ3v) is 3.96. The molecule has 2 atom stereocenters. The molecular formula is C19H19FN2O3. The van der Waals surface area contributed by atoms with Crippen LogP contribution in [0.25, 0.3) is 0 Å². The molecule has 130 valence electrons. The first-order valence-electron chi connectivity index (χ1n) is 8.11. The highest BCUT2D eigenvalue weighted by Gasteiger charge is 2.31. The minimum Gasteiger partial charge on any atom is -0.461 e. The van der Waals surface area contributed by atoms with Gasteiger partial charge in [0.15, 0.2) is 0 Å². The molecule has 0 aromatic heterocycles. The van der Waals surface area contributed by atoms with Gasteiger partial charge >= 0.3 is 5.97 Å². The van der Waals surface area contributed by atoms with E-state index in [1.165, 1.54) is 18.2 Å². The minimum atomic E-state index is -0.533. The van der Waals surface area contributed by atoms with E-state index in [0.717, 1.165) is 5.56 Å². The maximum atomic E-state index is 14.0. The van der Waals surface area contributed by atoms with Crippen LogP contribution in [-0.2, 0) is 20.7 Å². The summed E-state index contributed by atoms with van der Waals surface area (Å²) in [6, 6.07) is 13.0. The number of carbonyl (C=O) groups is 2. The molecule has 3 rings (SSSR count). The van der Waals surface area contributed by atoms with Gasteiger partial charge in [-0.15, -0.1) is 0 Å². The number of anilines is 2. The standard InChI is InChI=1S/C19H19FN2O3/c1-12-9-17(19(24)25-12)21-14-7-8-15(20)16(11-14)22-18(23)10-13-5-3-2-4-6-13/h2-8,11-12,17,21H,9-10H2,1H3,(H,22,23)/t12-,17+/m1/s1. The largest absolute Gasteiger partial charge is 0.461 e. The van der Waals surface area contributed by atoms with Crippen molar-refractivity contribution in [1.82, 2.24) is 0 Å². The Balaban J connectivity index is 1.67. The average molecular weight is 342 g/mol. The second-order valence-electron chi connectivity index (χ2n) is 6.09. The Morgan fingerprint density at radius 2 is 2.00 bits per heavy atom. The Labute approximate surface area is 145 Å². The molecule has 2 N–H and O–H groups in total. The van der Waals surface area contributed by atoms with Crippen molar-refractivity contribution < 1.29 is 18.7 Å². The van der Waals surface area contributed by atoms with Crippen LogP contribution in [0.1, 0.15) is 18.9 Å². The van der Waals surface area contributed by atoms with Gasteiger partial charge < -0.3 is 15.4 Å². The Kier molecular flexibility index (Phi) is 4.97. The summed E-state index contributed by atoms with van der Waals surface area (Å²) in [6.45, 7) is 1.82. The van der Waals surface area contributed by atoms with Gasteiger partial charge in [0.1, 0.15) is 18.0 Å². The fourth-order valence-electron chi connectivity index (χ4n) is 2.76. The number of hydrogen-bond donors (Lipinski definition) is 2. The van der Waals surface area contributed by atoms with Crippen molar-refractivity contribution in [2.24, 2.45) is 0 Å². The third kappa shape index (κ3) is 4.35. The number of rotatable bonds is 5. The molecule has 0 bridgehead atoms. The smallest absolute Gasteiger partial charge is 0.328 e. The van der Waals surface area contributed by atoms with Gasteiger partial charge in [-0.3, -0.25) is 4.79 Å². The molecule has 6 heteroatoms. The van der Waals surface area contributed by atoms with Crippen molar-refractivity contribution >= 4 is 23.3 Å². The van der Waals surface area contributed by atoms with Crippen molar-refractivity contribution in [2.45, 2.75) is 31.9 Å². The summed E-state index contributed by atoms with van der Waals surface area (Å²) in [7, 11) is 0. The Morgan fingerprint density at radius 1 is 1.24 bits per heavy atom. The molecule has 2 aromatic carbocycles. The van der Waals surface area contributed by atoms with Crippen molar-refractivity contribution in [3.05, 3.63) is 59.9 Å². The second-order valence-corrected chi connectivity index (χ2v) is 6.09. The molecule has 1 aliphatic heterocycles. The maximum absolute atomic E-state index is 14.0. The number of hydrogen-bond acceptors (Lipinski definition) is 4. The molecule has 0 aliphatic carbocycles. The topological polar surface area (TPSA) is 67.4 Å². The van der Waals surface area contributed by atoms with Crippen LogP contribution >= 0.6 is 0 Å². The number of carbonyl (C=O) groups excluding carboxylic acids is 2. The van der Waals surface area contributed by atoms with E-state index in [1.54, 1.807) is 0 Å². The predicted molar refractivity (Wildman–Crippen MR) is 92.8 cm³/mol. The Bertz CT molecular complexity index is 779. The maximum Gasteiger partial charge on any atom is 0.328 e. The number of amides is 1. The fraction of sp³-hybridized carbons (Fsp3) is 0.263. The quantitative estimate of drug-likeness (QED) is 0.819. The van der Waals surface area contributed by atoms with Crippen LogP contribution in [0, 0.1) is 5.82 Å². The minimum absolute atomic E-state index is 0.0744. The first-order chi connectivity index (χ1) is 12.0. The lowest BCUT2D eigenvalue weighted by Crippen LogP contribution is -2.24. The van der Waals surface area contributed by atoms with Crippen molar-refractivity contribution in [3.63, 3.8) is 0 Å². The van der Waals surface area contributed by atoms with E-state index in [1.807, 2.05) is 37.3 Å². The molecule has 1 fully saturated rings. The summed E-state index contributed by atoms with van der Waals surface area (Å²) in [5, 5.41) is 5.59. The van der Waals surface area contributed by atoms with Gasteiger partial charge in [-0.05, 0) is 30.7 Å². The number of cyclic esters (lactones) is 1. The average Bonchev–Trinajstić information content (AvgIpc) is 2.89. The molecule has 2 aromatic rings. The lowest BCUT2D eigenvalue weighted by atomic mass is 10.1. The van der Waals surface area contributed by atoms with Gasteiger partial charge in [0.05, 0.1) is 12.1 Å². The van der Waals surface area contributed by atoms with E-state index in [-0.39, 0.29) is 30.1 Å². The number of esters is 1. The summed E-state index contributed by atoms with van der Waals surface area (Å²) in [5.74, 6) is -1.17. The molecular weight excluding hydrogens is 323 g/mol. The molecule has 0 spiro atoms. The van der Waals surface area contributed by atoms with Gasteiger partial charge in [-0.1, -0.05) is 30.3 Å². The van der Waals surface area contributed by atoms with Gasteiger partial charge in [-0.2, -0.15) is 0 Å². The van der Waals surface area contributed by atoms with Crippen LogP contribution in [0.5, 0.6) is 0 Å². The van der Waals surface area contributed by atoms with Gasteiger partial charge in [0.2, 0.25) is 5.91 Å². The monoisotopic (exact) mass is 342 g/mol. The lowest BCUT2D eigenvalue weighted by molar-refractivity contribution is -0.141. The van der Waals surface area contributed by atoms with Crippen molar-refractivity contribution in [2.75, 3.05) is 10.6 Å². The van der Waals surface area contributed by atoms with Crippen molar-refractivity contribution in [3.8, 4) is 0 Å². The van der Waals surface area contributed by atoms with Crippen LogP contribution in [0.3, 0.4) is 0 Å². The van der Waals surface area contributed by atoms with Crippen LogP contribution in [-0.4, -0.2) is 24.0 Å². The normalized spacial score (nSPS) is 19.4. The summed E-state index contributed by atoms with van der Waals surface area (Å²) >= 11 is 0. The molecule has 1 aliphatic rings. The van der Waals surface area contributed by atoms with Crippen LogP contribution in [0.15, 0.2) is 48.5 Å². The molecule has 1 amide bonds. The highest BCUT2D eigenvalue weighted by molar-refractivity contribution is 5.93. The number of nitrogens with one attached hydrogen (secondary N) is 2. The van der Waals surface area contributed by atoms with Crippen LogP contribution in [0.2, 0.25) is 0 Å². The number of benzene rings is 2. The molecule has 1 heterocycles. The molecule has 0 unspecified atom stereocenters. The highest BCUT2D eigenvalue weighted by atomic mass is 19.1. The number of halogens is 1. The van der Waals surface area contributed by atoms with Gasteiger partial charge in [0, 0.05) is 12.1 Å². The number of ether oxygens (including phenoxy) is 1. The Hall–Kier alpha value is -2.89. The van der Waals surface area contributed by atoms with E-state index in [4.69, 9.17) is 4.74 Å². The van der Waals surface area contributed by atoms with Crippen LogP contribution in [0.4, 0.5) is 15.8 Å². The van der Waals surface area contributed by atoms with E-state index < -0.39 is 11.9 Å². The zero-order valence-corrected chi connectivity index (χ0v) is 13.8. The SMILES string of the molecule is C[C@@H]1C[C@H](Nc2ccc(F)c(NC(=O)Cc3ccccc3)c2)C(=O)O1. The zero-order chi connectivity index (χ0) is 17.8. The van der Waals surface area contributed by atoms with E-state index in [2.05, 4.69) is 10.6 Å². The molecule has 25 heavy (non-hydrogen) atoms. The van der Waals surface area contributed by atoms with Gasteiger partial charge in [-0.25, -0.2) is 9.18 Å². The first kappa shape index (κ1) is 17.0. The van der Waals surface area contributed by atoms with E-state index in [0.29, 0.717) is 12.1 Å². The van der Waals surface area contributed by atoms with E-state index >= 15 is 0 Å². The zero-order valence-electron chi connectivity index (χ0n) is 13.8. The molecule has 0 saturated carbocycles. The van der Waals surface area contributed by atoms with Crippen molar-refractivity contribution in [1.29, 1.82) is 0 Å².